The minimum atomic E-state index is -0.459. The smallest absolute Gasteiger partial charge is 0.361 e. The Morgan fingerprint density at radius 1 is 1.33 bits per heavy atom. The standard InChI is InChI=1S/C15H20N4O2/c1-4-21-15(20)13-14(11-5-7-12(16)8-6-11)19(18-17-13)9-10(2)3/h5-8,10H,4,9,16H2,1-3H3. The first kappa shape index (κ1) is 15.0. The van der Waals surface area contributed by atoms with Crippen molar-refractivity contribution in [3.63, 3.8) is 0 Å². The fourth-order valence-electron chi connectivity index (χ4n) is 2.05. The van der Waals surface area contributed by atoms with Gasteiger partial charge in [0.15, 0.2) is 5.69 Å². The average Bonchev–Trinajstić information content (AvgIpc) is 2.83. The summed E-state index contributed by atoms with van der Waals surface area (Å²) < 4.78 is 6.79. The van der Waals surface area contributed by atoms with Crippen molar-refractivity contribution in [3.05, 3.63) is 30.0 Å². The highest BCUT2D eigenvalue weighted by molar-refractivity contribution is 5.94. The van der Waals surface area contributed by atoms with Crippen molar-refractivity contribution in [1.29, 1.82) is 0 Å². The summed E-state index contributed by atoms with van der Waals surface area (Å²) in [5, 5.41) is 8.09. The van der Waals surface area contributed by atoms with E-state index in [0.717, 1.165) is 5.56 Å². The van der Waals surface area contributed by atoms with Gasteiger partial charge in [0, 0.05) is 17.8 Å². The van der Waals surface area contributed by atoms with E-state index in [1.54, 1.807) is 23.7 Å². The maximum Gasteiger partial charge on any atom is 0.361 e. The Labute approximate surface area is 123 Å². The molecular formula is C15H20N4O2. The van der Waals surface area contributed by atoms with Crippen LogP contribution in [0.2, 0.25) is 0 Å². The normalized spacial score (nSPS) is 10.9. The third-order valence-electron chi connectivity index (χ3n) is 2.93. The van der Waals surface area contributed by atoms with Gasteiger partial charge in [-0.2, -0.15) is 0 Å². The van der Waals surface area contributed by atoms with Crippen molar-refractivity contribution in [2.24, 2.45) is 5.92 Å². The third-order valence-corrected chi connectivity index (χ3v) is 2.93. The molecule has 0 radical (unpaired) electrons. The molecule has 0 saturated heterocycles. The molecule has 6 heteroatoms. The van der Waals surface area contributed by atoms with E-state index in [4.69, 9.17) is 10.5 Å². The summed E-state index contributed by atoms with van der Waals surface area (Å²) in [5.41, 5.74) is 8.13. The summed E-state index contributed by atoms with van der Waals surface area (Å²) in [5.74, 6) is -0.0754. The molecule has 0 aliphatic heterocycles. The number of benzene rings is 1. The van der Waals surface area contributed by atoms with Crippen molar-refractivity contribution in [1.82, 2.24) is 15.0 Å². The van der Waals surface area contributed by atoms with Crippen LogP contribution in [0.4, 0.5) is 5.69 Å². The Morgan fingerprint density at radius 3 is 2.57 bits per heavy atom. The van der Waals surface area contributed by atoms with E-state index in [-0.39, 0.29) is 5.69 Å². The van der Waals surface area contributed by atoms with Gasteiger partial charge in [-0.3, -0.25) is 0 Å². The Morgan fingerprint density at radius 2 is 2.00 bits per heavy atom. The number of carbonyl (C=O) groups is 1. The SMILES string of the molecule is CCOC(=O)c1nnn(CC(C)C)c1-c1ccc(N)cc1. The van der Waals surface area contributed by atoms with Crippen molar-refractivity contribution in [2.45, 2.75) is 27.3 Å². The van der Waals surface area contributed by atoms with Crippen LogP contribution in [0.1, 0.15) is 31.3 Å². The molecule has 0 unspecified atom stereocenters. The zero-order valence-electron chi connectivity index (χ0n) is 12.5. The van der Waals surface area contributed by atoms with Crippen molar-refractivity contribution in [2.75, 3.05) is 12.3 Å². The van der Waals surface area contributed by atoms with Crippen molar-refractivity contribution in [3.8, 4) is 11.3 Å². The molecule has 2 aromatic rings. The second-order valence-electron chi connectivity index (χ2n) is 5.21. The quantitative estimate of drug-likeness (QED) is 0.674. The van der Waals surface area contributed by atoms with Crippen LogP contribution < -0.4 is 5.73 Å². The van der Waals surface area contributed by atoms with Crippen LogP contribution in [0.25, 0.3) is 11.3 Å². The summed E-state index contributed by atoms with van der Waals surface area (Å²) >= 11 is 0. The summed E-state index contributed by atoms with van der Waals surface area (Å²) in [4.78, 5) is 12.0. The molecule has 2 rings (SSSR count). The number of ether oxygens (including phenoxy) is 1. The lowest BCUT2D eigenvalue weighted by atomic mass is 10.1. The monoisotopic (exact) mass is 288 g/mol. The number of nitrogen functional groups attached to an aromatic ring is 1. The molecule has 0 aliphatic rings. The summed E-state index contributed by atoms with van der Waals surface area (Å²) in [6.07, 6.45) is 0. The first-order valence-corrected chi connectivity index (χ1v) is 6.99. The molecule has 1 heterocycles. The van der Waals surface area contributed by atoms with E-state index in [1.165, 1.54) is 0 Å². The highest BCUT2D eigenvalue weighted by atomic mass is 16.5. The summed E-state index contributed by atoms with van der Waals surface area (Å²) in [6.45, 7) is 6.90. The zero-order valence-corrected chi connectivity index (χ0v) is 12.5. The van der Waals surface area contributed by atoms with Crippen LogP contribution in [0.3, 0.4) is 0 Å². The number of hydrogen-bond acceptors (Lipinski definition) is 5. The van der Waals surface area contributed by atoms with E-state index in [0.29, 0.717) is 30.5 Å². The molecule has 0 fully saturated rings. The number of carbonyl (C=O) groups excluding carboxylic acids is 1. The largest absolute Gasteiger partial charge is 0.461 e. The first-order valence-electron chi connectivity index (χ1n) is 6.99. The molecule has 0 spiro atoms. The van der Waals surface area contributed by atoms with Crippen LogP contribution in [-0.2, 0) is 11.3 Å². The first-order chi connectivity index (χ1) is 10.0. The van der Waals surface area contributed by atoms with Gasteiger partial charge in [0.1, 0.15) is 5.69 Å². The molecule has 0 saturated carbocycles. The van der Waals surface area contributed by atoms with Crippen LogP contribution >= 0.6 is 0 Å². The topological polar surface area (TPSA) is 83.0 Å². The highest BCUT2D eigenvalue weighted by Gasteiger charge is 2.22. The summed E-state index contributed by atoms with van der Waals surface area (Å²) in [7, 11) is 0. The fraction of sp³-hybridized carbons (Fsp3) is 0.400. The lowest BCUT2D eigenvalue weighted by Gasteiger charge is -2.10. The number of nitrogens with zero attached hydrogens (tertiary/aromatic N) is 3. The average molecular weight is 288 g/mol. The number of aromatic nitrogens is 3. The fourth-order valence-corrected chi connectivity index (χ4v) is 2.05. The predicted octanol–water partition coefficient (Wildman–Crippen LogP) is 2.36. The molecule has 0 amide bonds. The molecule has 1 aromatic carbocycles. The third kappa shape index (κ3) is 3.39. The second kappa shape index (κ2) is 6.39. The van der Waals surface area contributed by atoms with E-state index in [2.05, 4.69) is 24.2 Å². The number of hydrogen-bond donors (Lipinski definition) is 1. The van der Waals surface area contributed by atoms with Gasteiger partial charge < -0.3 is 10.5 Å². The Balaban J connectivity index is 2.49. The van der Waals surface area contributed by atoms with Gasteiger partial charge in [0.05, 0.1) is 6.61 Å². The molecule has 0 aliphatic carbocycles. The Bertz CT molecular complexity index is 617. The molecule has 2 N–H and O–H groups in total. The zero-order chi connectivity index (χ0) is 15.4. The van der Waals surface area contributed by atoms with Crippen LogP contribution in [0.15, 0.2) is 24.3 Å². The molecule has 1 aromatic heterocycles. The van der Waals surface area contributed by atoms with Gasteiger partial charge in [-0.1, -0.05) is 31.2 Å². The maximum atomic E-state index is 12.0. The van der Waals surface area contributed by atoms with E-state index in [9.17, 15) is 4.79 Å². The van der Waals surface area contributed by atoms with E-state index < -0.39 is 5.97 Å². The van der Waals surface area contributed by atoms with Crippen LogP contribution in [0, 0.1) is 5.92 Å². The molecule has 0 bridgehead atoms. The number of anilines is 1. The van der Waals surface area contributed by atoms with Crippen LogP contribution in [-0.4, -0.2) is 27.6 Å². The van der Waals surface area contributed by atoms with E-state index in [1.807, 2.05) is 12.1 Å². The van der Waals surface area contributed by atoms with Gasteiger partial charge in [-0.05, 0) is 25.0 Å². The molecule has 112 valence electrons. The van der Waals surface area contributed by atoms with Gasteiger partial charge in [0.25, 0.3) is 0 Å². The molecule has 21 heavy (non-hydrogen) atoms. The minimum absolute atomic E-state index is 0.238. The minimum Gasteiger partial charge on any atom is -0.461 e. The predicted molar refractivity (Wildman–Crippen MR) is 80.7 cm³/mol. The van der Waals surface area contributed by atoms with Gasteiger partial charge in [0.2, 0.25) is 0 Å². The molecular weight excluding hydrogens is 268 g/mol. The molecule has 0 atom stereocenters. The van der Waals surface area contributed by atoms with Gasteiger partial charge in [-0.25, -0.2) is 9.48 Å². The van der Waals surface area contributed by atoms with Crippen LogP contribution in [0.5, 0.6) is 0 Å². The van der Waals surface area contributed by atoms with Gasteiger partial charge in [-0.15, -0.1) is 5.10 Å². The lowest BCUT2D eigenvalue weighted by Crippen LogP contribution is -2.10. The second-order valence-corrected chi connectivity index (χ2v) is 5.21. The lowest BCUT2D eigenvalue weighted by molar-refractivity contribution is 0.0520. The highest BCUT2D eigenvalue weighted by Crippen LogP contribution is 2.24. The summed E-state index contributed by atoms with van der Waals surface area (Å²) in [6, 6.07) is 7.29. The van der Waals surface area contributed by atoms with E-state index >= 15 is 0 Å². The maximum absolute atomic E-state index is 12.0. The molecule has 6 nitrogen and oxygen atoms in total. The Kier molecular flexibility index (Phi) is 4.57. The number of esters is 1. The number of rotatable bonds is 5. The number of nitrogens with two attached hydrogens (primary N) is 1. The van der Waals surface area contributed by atoms with Crippen molar-refractivity contribution < 1.29 is 9.53 Å². The Hall–Kier alpha value is -2.37. The van der Waals surface area contributed by atoms with Crippen molar-refractivity contribution >= 4 is 11.7 Å². The van der Waals surface area contributed by atoms with Gasteiger partial charge >= 0.3 is 5.97 Å².